The maximum atomic E-state index is 11.8. The van der Waals surface area contributed by atoms with E-state index in [-0.39, 0.29) is 17.9 Å². The summed E-state index contributed by atoms with van der Waals surface area (Å²) in [5.41, 5.74) is 7.25. The van der Waals surface area contributed by atoms with Crippen LogP contribution in [0.15, 0.2) is 35.9 Å². The van der Waals surface area contributed by atoms with Crippen LogP contribution in [-0.2, 0) is 11.2 Å². The van der Waals surface area contributed by atoms with Crippen molar-refractivity contribution in [3.63, 3.8) is 0 Å². The molecule has 2 aromatic heterocycles. The van der Waals surface area contributed by atoms with E-state index in [1.54, 1.807) is 25.4 Å². The molecule has 2 heterocycles. The molecule has 0 unspecified atom stereocenters. The largest absolute Gasteiger partial charge is 0.302 e. The third-order valence-electron chi connectivity index (χ3n) is 2.79. The van der Waals surface area contributed by atoms with Gasteiger partial charge in [0.2, 0.25) is 5.91 Å². The lowest BCUT2D eigenvalue weighted by atomic mass is 10.2. The third-order valence-corrected chi connectivity index (χ3v) is 2.79. The molecule has 4 N–H and O–H groups in total. The van der Waals surface area contributed by atoms with E-state index in [1.165, 1.54) is 0 Å². The molecule has 0 aliphatic carbocycles. The van der Waals surface area contributed by atoms with E-state index in [1.807, 2.05) is 6.07 Å². The number of aryl methyl sites for hydroxylation is 1. The molecule has 1 amide bonds. The smallest absolute Gasteiger partial charge is 0.267 e. The predicted molar refractivity (Wildman–Crippen MR) is 74.4 cm³/mol. The topological polar surface area (TPSA) is 103 Å². The number of aromatic nitrogens is 3. The molecule has 20 heavy (non-hydrogen) atoms. The normalized spacial score (nSPS) is 10.1. The number of amides is 1. The first-order valence-electron chi connectivity index (χ1n) is 5.98. The Kier molecular flexibility index (Phi) is 3.99. The average molecular weight is 273 g/mol. The zero-order valence-corrected chi connectivity index (χ0v) is 11.0. The number of H-pyrrole nitrogens is 2. The molecule has 2 rings (SSSR count). The molecule has 7 nitrogen and oxygen atoms in total. The molecule has 104 valence electrons. The van der Waals surface area contributed by atoms with Crippen molar-refractivity contribution in [3.8, 4) is 0 Å². The fourth-order valence-corrected chi connectivity index (χ4v) is 1.65. The van der Waals surface area contributed by atoms with Crippen LogP contribution in [0.1, 0.15) is 16.8 Å². The van der Waals surface area contributed by atoms with Gasteiger partial charge in [0, 0.05) is 29.2 Å². The Bertz CT molecular complexity index is 672. The van der Waals surface area contributed by atoms with Gasteiger partial charge in [-0.15, -0.1) is 0 Å². The number of hydrogen-bond acceptors (Lipinski definition) is 4. The van der Waals surface area contributed by atoms with Crippen molar-refractivity contribution < 1.29 is 4.79 Å². The van der Waals surface area contributed by atoms with Gasteiger partial charge in [-0.2, -0.15) is 0 Å². The van der Waals surface area contributed by atoms with Crippen molar-refractivity contribution in [2.24, 2.45) is 0 Å². The molecule has 0 fully saturated rings. The highest BCUT2D eigenvalue weighted by Crippen LogP contribution is 2.05. The zero-order chi connectivity index (χ0) is 14.5. The number of nitrogens with zero attached hydrogens (tertiary/aromatic N) is 1. The molecule has 0 aliphatic heterocycles. The van der Waals surface area contributed by atoms with Crippen LogP contribution in [0, 0.1) is 6.92 Å². The van der Waals surface area contributed by atoms with Crippen molar-refractivity contribution in [1.29, 1.82) is 0 Å². The summed E-state index contributed by atoms with van der Waals surface area (Å²) in [4.78, 5) is 27.1. The zero-order valence-electron chi connectivity index (χ0n) is 11.0. The second-order valence-electron chi connectivity index (χ2n) is 4.25. The Morgan fingerprint density at radius 1 is 1.40 bits per heavy atom. The minimum atomic E-state index is -0.330. The van der Waals surface area contributed by atoms with E-state index in [0.29, 0.717) is 17.0 Å². The van der Waals surface area contributed by atoms with Crippen LogP contribution in [0.4, 0.5) is 0 Å². The summed E-state index contributed by atoms with van der Waals surface area (Å²) in [7, 11) is 0. The SMILES string of the molecule is C=C(NNC(=O)Cc1c(C)[nH][nH]c1=O)c1cccnc1. The first-order chi connectivity index (χ1) is 9.58. The van der Waals surface area contributed by atoms with Gasteiger partial charge >= 0.3 is 0 Å². The van der Waals surface area contributed by atoms with Crippen LogP contribution in [0.2, 0.25) is 0 Å². The number of pyridine rings is 1. The molecule has 0 atom stereocenters. The van der Waals surface area contributed by atoms with Crippen LogP contribution in [0.25, 0.3) is 5.70 Å². The van der Waals surface area contributed by atoms with Crippen LogP contribution in [0.3, 0.4) is 0 Å². The summed E-state index contributed by atoms with van der Waals surface area (Å²) in [5, 5.41) is 5.10. The lowest BCUT2D eigenvalue weighted by Gasteiger charge is -2.10. The van der Waals surface area contributed by atoms with Crippen LogP contribution in [-0.4, -0.2) is 21.1 Å². The molecular weight excluding hydrogens is 258 g/mol. The highest BCUT2D eigenvalue weighted by Gasteiger charge is 2.11. The number of carbonyl (C=O) groups is 1. The van der Waals surface area contributed by atoms with Gasteiger partial charge in [-0.05, 0) is 19.1 Å². The molecule has 0 aromatic carbocycles. The Morgan fingerprint density at radius 2 is 2.20 bits per heavy atom. The van der Waals surface area contributed by atoms with E-state index in [0.717, 1.165) is 5.56 Å². The standard InChI is InChI=1S/C13H15N5O2/c1-8(10-4-3-5-14-7-10)15-17-12(19)6-11-9(2)16-18-13(11)20/h3-5,7,15H,1,6H2,2H3,(H,17,19)(H2,16,18,20). The second-order valence-corrected chi connectivity index (χ2v) is 4.25. The highest BCUT2D eigenvalue weighted by molar-refractivity contribution is 5.79. The molecular formula is C13H15N5O2. The minimum absolute atomic E-state index is 0.0159. The summed E-state index contributed by atoms with van der Waals surface area (Å²) in [6.45, 7) is 5.51. The Morgan fingerprint density at radius 3 is 2.80 bits per heavy atom. The monoisotopic (exact) mass is 273 g/mol. The molecule has 0 bridgehead atoms. The highest BCUT2D eigenvalue weighted by atomic mass is 16.2. The van der Waals surface area contributed by atoms with E-state index in [9.17, 15) is 9.59 Å². The number of hydrogen-bond donors (Lipinski definition) is 4. The molecule has 0 saturated carbocycles. The van der Waals surface area contributed by atoms with Gasteiger partial charge in [-0.3, -0.25) is 30.5 Å². The number of aromatic amines is 2. The van der Waals surface area contributed by atoms with E-state index >= 15 is 0 Å². The Balaban J connectivity index is 1.90. The molecule has 2 aromatic rings. The Labute approximate surface area is 115 Å². The van der Waals surface area contributed by atoms with Gasteiger partial charge in [0.25, 0.3) is 5.56 Å². The summed E-state index contributed by atoms with van der Waals surface area (Å²) in [6, 6.07) is 3.59. The van der Waals surface area contributed by atoms with Gasteiger partial charge in [0.1, 0.15) is 0 Å². The maximum absolute atomic E-state index is 11.8. The molecule has 0 spiro atoms. The Hall–Kier alpha value is -2.83. The first kappa shape index (κ1) is 13.6. The first-order valence-corrected chi connectivity index (χ1v) is 5.98. The number of carbonyl (C=O) groups excluding carboxylic acids is 1. The molecule has 0 aliphatic rings. The molecule has 7 heteroatoms. The summed E-state index contributed by atoms with van der Waals surface area (Å²) in [5.74, 6) is -0.330. The van der Waals surface area contributed by atoms with E-state index in [4.69, 9.17) is 0 Å². The second kappa shape index (κ2) is 5.87. The van der Waals surface area contributed by atoms with Gasteiger partial charge in [-0.1, -0.05) is 6.58 Å². The van der Waals surface area contributed by atoms with Crippen LogP contribution >= 0.6 is 0 Å². The third kappa shape index (κ3) is 3.14. The number of hydrazine groups is 1. The number of rotatable bonds is 5. The van der Waals surface area contributed by atoms with Crippen LogP contribution < -0.4 is 16.4 Å². The fourth-order valence-electron chi connectivity index (χ4n) is 1.65. The predicted octanol–water partition coefficient (Wildman–Crippen LogP) is 0.241. The number of nitrogens with one attached hydrogen (secondary N) is 4. The minimum Gasteiger partial charge on any atom is -0.302 e. The van der Waals surface area contributed by atoms with Crippen molar-refractivity contribution in [3.05, 3.63) is 58.3 Å². The van der Waals surface area contributed by atoms with Gasteiger partial charge in [-0.25, -0.2) is 0 Å². The summed E-state index contributed by atoms with van der Waals surface area (Å²) in [6.07, 6.45) is 3.26. The van der Waals surface area contributed by atoms with Gasteiger partial charge in [0.15, 0.2) is 0 Å². The lowest BCUT2D eigenvalue weighted by Crippen LogP contribution is -2.37. The lowest BCUT2D eigenvalue weighted by molar-refractivity contribution is -0.121. The van der Waals surface area contributed by atoms with Crippen molar-refractivity contribution in [1.82, 2.24) is 26.0 Å². The summed E-state index contributed by atoms with van der Waals surface area (Å²) < 4.78 is 0. The van der Waals surface area contributed by atoms with Crippen molar-refractivity contribution in [2.45, 2.75) is 13.3 Å². The van der Waals surface area contributed by atoms with E-state index in [2.05, 4.69) is 32.6 Å². The fraction of sp³-hybridized carbons (Fsp3) is 0.154. The maximum Gasteiger partial charge on any atom is 0.267 e. The molecule has 0 saturated heterocycles. The van der Waals surface area contributed by atoms with Gasteiger partial charge in [0.05, 0.1) is 12.1 Å². The van der Waals surface area contributed by atoms with Crippen molar-refractivity contribution in [2.75, 3.05) is 0 Å². The quantitative estimate of drug-likeness (QED) is 0.586. The van der Waals surface area contributed by atoms with E-state index < -0.39 is 0 Å². The van der Waals surface area contributed by atoms with Gasteiger partial charge < -0.3 is 5.10 Å². The van der Waals surface area contributed by atoms with Crippen molar-refractivity contribution >= 4 is 11.6 Å². The molecule has 0 radical (unpaired) electrons. The average Bonchev–Trinajstić information content (AvgIpc) is 2.77. The summed E-state index contributed by atoms with van der Waals surface area (Å²) >= 11 is 0. The van der Waals surface area contributed by atoms with Crippen LogP contribution in [0.5, 0.6) is 0 Å².